The summed E-state index contributed by atoms with van der Waals surface area (Å²) in [4.78, 5) is 0. The number of fused-ring (bicyclic) bond motifs is 1. The van der Waals surface area contributed by atoms with E-state index in [9.17, 15) is 0 Å². The zero-order valence-electron chi connectivity index (χ0n) is 6.76. The molecule has 4 heteroatoms. The second kappa shape index (κ2) is 2.68. The van der Waals surface area contributed by atoms with Gasteiger partial charge in [0.1, 0.15) is 5.52 Å². The first-order chi connectivity index (χ1) is 5.70. The van der Waals surface area contributed by atoms with Gasteiger partial charge in [0.15, 0.2) is 0 Å². The predicted octanol–water partition coefficient (Wildman–Crippen LogP) is 2.96. The molecule has 12 heavy (non-hydrogen) atoms. The second-order valence-corrected chi connectivity index (χ2v) is 3.95. The quantitative estimate of drug-likeness (QED) is 0.651. The van der Waals surface area contributed by atoms with Crippen LogP contribution in [-0.2, 0) is 0 Å². The summed E-state index contributed by atoms with van der Waals surface area (Å²) >= 11 is 7.67. The van der Waals surface area contributed by atoms with E-state index >= 15 is 0 Å². The lowest BCUT2D eigenvalue weighted by molar-refractivity contribution is 1.02. The average Bonchev–Trinajstić information content (AvgIpc) is 2.41. The van der Waals surface area contributed by atoms with Crippen molar-refractivity contribution in [3.05, 3.63) is 21.7 Å². The van der Waals surface area contributed by atoms with Gasteiger partial charge in [-0.3, -0.25) is 0 Å². The van der Waals surface area contributed by atoms with Gasteiger partial charge in [-0.1, -0.05) is 11.6 Å². The Morgan fingerprint density at radius 3 is 2.83 bits per heavy atom. The van der Waals surface area contributed by atoms with Crippen LogP contribution in [0.5, 0.6) is 0 Å². The molecule has 0 saturated carbocycles. The van der Waals surface area contributed by atoms with Crippen LogP contribution in [0.15, 0.2) is 5.38 Å². The van der Waals surface area contributed by atoms with Crippen LogP contribution in [0.4, 0.5) is 0 Å². The molecule has 0 fully saturated rings. The highest BCUT2D eigenvalue weighted by atomic mass is 35.5. The summed E-state index contributed by atoms with van der Waals surface area (Å²) in [6.07, 6.45) is 0. The number of hydrogen-bond acceptors (Lipinski definition) is 3. The van der Waals surface area contributed by atoms with Crippen molar-refractivity contribution >= 4 is 33.2 Å². The standard InChI is InChI=1S/C8H7ClN2S/c1-4-3-12-8-6(9)5(2)10-11-7(4)8/h3H,1-2H3. The normalized spacial score (nSPS) is 10.9. The van der Waals surface area contributed by atoms with Gasteiger partial charge in [0.2, 0.25) is 0 Å². The molecule has 2 rings (SSSR count). The third-order valence-corrected chi connectivity index (χ3v) is 3.44. The van der Waals surface area contributed by atoms with Gasteiger partial charge in [-0.05, 0) is 24.8 Å². The molecule has 2 heterocycles. The van der Waals surface area contributed by atoms with Crippen molar-refractivity contribution in [1.29, 1.82) is 0 Å². The van der Waals surface area contributed by atoms with E-state index in [1.165, 1.54) is 0 Å². The van der Waals surface area contributed by atoms with Crippen LogP contribution >= 0.6 is 22.9 Å². The monoisotopic (exact) mass is 198 g/mol. The number of rotatable bonds is 0. The Kier molecular flexibility index (Phi) is 1.77. The highest BCUT2D eigenvalue weighted by Crippen LogP contribution is 2.30. The molecule has 0 aromatic carbocycles. The van der Waals surface area contributed by atoms with Crippen LogP contribution in [0.3, 0.4) is 0 Å². The molecule has 0 aliphatic carbocycles. The number of thiophene rings is 1. The summed E-state index contributed by atoms with van der Waals surface area (Å²) in [7, 11) is 0. The molecular weight excluding hydrogens is 192 g/mol. The van der Waals surface area contributed by atoms with Crippen LogP contribution in [0.2, 0.25) is 5.02 Å². The van der Waals surface area contributed by atoms with Crippen molar-refractivity contribution in [3.8, 4) is 0 Å². The zero-order valence-corrected chi connectivity index (χ0v) is 8.33. The Morgan fingerprint density at radius 1 is 1.33 bits per heavy atom. The van der Waals surface area contributed by atoms with E-state index in [1.807, 2.05) is 19.2 Å². The van der Waals surface area contributed by atoms with E-state index in [0.717, 1.165) is 26.5 Å². The fraction of sp³-hybridized carbons (Fsp3) is 0.250. The summed E-state index contributed by atoms with van der Waals surface area (Å²) < 4.78 is 1.04. The second-order valence-electron chi connectivity index (χ2n) is 2.70. The third kappa shape index (κ3) is 1.01. The SMILES string of the molecule is Cc1nnc2c(C)csc2c1Cl. The number of nitrogens with zero attached hydrogens (tertiary/aromatic N) is 2. The zero-order chi connectivity index (χ0) is 8.72. The Morgan fingerprint density at radius 2 is 2.08 bits per heavy atom. The fourth-order valence-electron chi connectivity index (χ4n) is 1.05. The van der Waals surface area contributed by atoms with E-state index in [0.29, 0.717) is 0 Å². The third-order valence-electron chi connectivity index (χ3n) is 1.76. The lowest BCUT2D eigenvalue weighted by atomic mass is 10.3. The molecule has 0 saturated heterocycles. The van der Waals surface area contributed by atoms with E-state index < -0.39 is 0 Å². The molecular formula is C8H7ClN2S. The smallest absolute Gasteiger partial charge is 0.108 e. The summed E-state index contributed by atoms with van der Waals surface area (Å²) in [6, 6.07) is 0. The largest absolute Gasteiger partial charge is 0.154 e. The molecule has 2 nitrogen and oxygen atoms in total. The highest BCUT2D eigenvalue weighted by Gasteiger charge is 2.08. The van der Waals surface area contributed by atoms with E-state index in [1.54, 1.807) is 11.3 Å². The summed E-state index contributed by atoms with van der Waals surface area (Å²) in [5.41, 5.74) is 2.87. The molecule has 0 bridgehead atoms. The van der Waals surface area contributed by atoms with Crippen molar-refractivity contribution in [2.45, 2.75) is 13.8 Å². The molecule has 0 N–H and O–H groups in total. The molecule has 0 aliphatic rings. The first kappa shape index (κ1) is 7.95. The van der Waals surface area contributed by atoms with Gasteiger partial charge in [-0.15, -0.1) is 16.4 Å². The van der Waals surface area contributed by atoms with Gasteiger partial charge >= 0.3 is 0 Å². The molecule has 0 atom stereocenters. The molecule has 0 unspecified atom stereocenters. The van der Waals surface area contributed by atoms with Crippen molar-refractivity contribution in [3.63, 3.8) is 0 Å². The van der Waals surface area contributed by atoms with Crippen molar-refractivity contribution < 1.29 is 0 Å². The lowest BCUT2D eigenvalue weighted by Crippen LogP contribution is -1.87. The number of aromatic nitrogens is 2. The van der Waals surface area contributed by atoms with Gasteiger partial charge in [-0.25, -0.2) is 0 Å². The number of hydrogen-bond donors (Lipinski definition) is 0. The predicted molar refractivity (Wildman–Crippen MR) is 51.9 cm³/mol. The first-order valence-corrected chi connectivity index (χ1v) is 4.82. The Bertz CT molecular complexity index is 436. The fourth-order valence-corrected chi connectivity index (χ4v) is 2.28. The maximum atomic E-state index is 6.05. The average molecular weight is 199 g/mol. The van der Waals surface area contributed by atoms with Gasteiger partial charge in [-0.2, -0.15) is 5.10 Å². The molecule has 0 radical (unpaired) electrons. The van der Waals surface area contributed by atoms with E-state index in [4.69, 9.17) is 11.6 Å². The molecule has 2 aromatic heterocycles. The maximum absolute atomic E-state index is 6.05. The van der Waals surface area contributed by atoms with Crippen LogP contribution in [-0.4, -0.2) is 10.2 Å². The van der Waals surface area contributed by atoms with Crippen molar-refractivity contribution in [2.24, 2.45) is 0 Å². The maximum Gasteiger partial charge on any atom is 0.108 e. The van der Waals surface area contributed by atoms with Gasteiger partial charge in [0.25, 0.3) is 0 Å². The minimum Gasteiger partial charge on any atom is -0.154 e. The van der Waals surface area contributed by atoms with Gasteiger partial charge < -0.3 is 0 Å². The molecule has 0 spiro atoms. The Balaban J connectivity index is 2.93. The lowest BCUT2D eigenvalue weighted by Gasteiger charge is -1.95. The summed E-state index contributed by atoms with van der Waals surface area (Å²) in [5.74, 6) is 0. The summed E-state index contributed by atoms with van der Waals surface area (Å²) in [5, 5.41) is 10.8. The topological polar surface area (TPSA) is 25.8 Å². The number of halogens is 1. The minimum atomic E-state index is 0.734. The minimum absolute atomic E-state index is 0.734. The van der Waals surface area contributed by atoms with E-state index in [-0.39, 0.29) is 0 Å². The Labute approximate surface area is 79.2 Å². The molecule has 0 amide bonds. The van der Waals surface area contributed by atoms with Crippen LogP contribution < -0.4 is 0 Å². The molecule has 0 aliphatic heterocycles. The van der Waals surface area contributed by atoms with Gasteiger partial charge in [0.05, 0.1) is 15.4 Å². The van der Waals surface area contributed by atoms with Gasteiger partial charge in [0, 0.05) is 0 Å². The highest BCUT2D eigenvalue weighted by molar-refractivity contribution is 7.18. The van der Waals surface area contributed by atoms with Crippen LogP contribution in [0.1, 0.15) is 11.3 Å². The van der Waals surface area contributed by atoms with E-state index in [2.05, 4.69) is 10.2 Å². The Hall–Kier alpha value is -0.670. The summed E-state index contributed by atoms with van der Waals surface area (Å²) in [6.45, 7) is 3.88. The number of aryl methyl sites for hydroxylation is 2. The van der Waals surface area contributed by atoms with Crippen molar-refractivity contribution in [2.75, 3.05) is 0 Å². The first-order valence-electron chi connectivity index (χ1n) is 3.56. The van der Waals surface area contributed by atoms with Crippen molar-refractivity contribution in [1.82, 2.24) is 10.2 Å². The van der Waals surface area contributed by atoms with Crippen LogP contribution in [0, 0.1) is 13.8 Å². The molecule has 2 aromatic rings. The van der Waals surface area contributed by atoms with Crippen LogP contribution in [0.25, 0.3) is 10.2 Å². The molecule has 62 valence electrons.